The Kier molecular flexibility index (Phi) is 3.06. The van der Waals surface area contributed by atoms with Gasteiger partial charge in [-0.1, -0.05) is 18.2 Å². The van der Waals surface area contributed by atoms with Crippen molar-refractivity contribution in [1.82, 2.24) is 10.2 Å². The van der Waals surface area contributed by atoms with E-state index in [0.717, 1.165) is 12.6 Å². The number of fused-ring (bicyclic) bond motifs is 2. The Bertz CT molecular complexity index is 577. The van der Waals surface area contributed by atoms with E-state index < -0.39 is 0 Å². The van der Waals surface area contributed by atoms with Crippen molar-refractivity contribution in [2.45, 2.75) is 37.9 Å². The van der Waals surface area contributed by atoms with Gasteiger partial charge in [0.2, 0.25) is 0 Å². The number of nitrogens with zero attached hydrogens (tertiary/aromatic N) is 1. The molecule has 4 rings (SSSR count). The van der Waals surface area contributed by atoms with Crippen LogP contribution in [0.15, 0.2) is 29.6 Å². The lowest BCUT2D eigenvalue weighted by Crippen LogP contribution is -2.38. The summed E-state index contributed by atoms with van der Waals surface area (Å²) in [5.74, 6) is 0. The van der Waals surface area contributed by atoms with Gasteiger partial charge in [-0.05, 0) is 48.2 Å². The molecule has 2 saturated heterocycles. The zero-order valence-corrected chi connectivity index (χ0v) is 12.0. The van der Waals surface area contributed by atoms with E-state index in [1.54, 1.807) is 0 Å². The molecule has 2 aromatic rings. The summed E-state index contributed by atoms with van der Waals surface area (Å²) in [6.07, 6.45) is 4.11. The molecule has 3 heteroatoms. The second-order valence-electron chi connectivity index (χ2n) is 5.78. The molecule has 2 atom stereocenters. The van der Waals surface area contributed by atoms with Gasteiger partial charge in [-0.15, -0.1) is 11.3 Å². The van der Waals surface area contributed by atoms with Crippen LogP contribution in [0.1, 0.15) is 24.8 Å². The second-order valence-corrected chi connectivity index (χ2v) is 6.69. The first-order chi connectivity index (χ1) is 9.42. The van der Waals surface area contributed by atoms with E-state index in [4.69, 9.17) is 0 Å². The van der Waals surface area contributed by atoms with Gasteiger partial charge < -0.3 is 5.32 Å². The van der Waals surface area contributed by atoms with Crippen LogP contribution in [0.25, 0.3) is 10.1 Å². The quantitative estimate of drug-likeness (QED) is 0.923. The smallest absolute Gasteiger partial charge is 0.0346 e. The lowest BCUT2D eigenvalue weighted by Gasteiger charge is -2.21. The van der Waals surface area contributed by atoms with Gasteiger partial charge in [0.15, 0.2) is 0 Å². The van der Waals surface area contributed by atoms with Crippen LogP contribution < -0.4 is 5.32 Å². The van der Waals surface area contributed by atoms with Crippen molar-refractivity contribution < 1.29 is 0 Å². The fourth-order valence-electron chi connectivity index (χ4n) is 3.73. The van der Waals surface area contributed by atoms with Gasteiger partial charge in [-0.3, -0.25) is 4.90 Å². The summed E-state index contributed by atoms with van der Waals surface area (Å²) >= 11 is 1.87. The first-order valence-corrected chi connectivity index (χ1v) is 8.22. The van der Waals surface area contributed by atoms with Crippen LogP contribution >= 0.6 is 11.3 Å². The van der Waals surface area contributed by atoms with Gasteiger partial charge in [0, 0.05) is 29.9 Å². The second kappa shape index (κ2) is 4.89. The summed E-state index contributed by atoms with van der Waals surface area (Å²) in [4.78, 5) is 2.67. The van der Waals surface area contributed by atoms with Crippen LogP contribution in [-0.2, 0) is 6.54 Å². The molecule has 1 aromatic heterocycles. The lowest BCUT2D eigenvalue weighted by molar-refractivity contribution is 0.298. The highest BCUT2D eigenvalue weighted by Gasteiger charge is 2.36. The molecule has 3 heterocycles. The van der Waals surface area contributed by atoms with Crippen molar-refractivity contribution in [3.8, 4) is 0 Å². The predicted octanol–water partition coefficient (Wildman–Crippen LogP) is 3.23. The third kappa shape index (κ3) is 2.10. The molecule has 0 radical (unpaired) electrons. The molecule has 2 aliphatic heterocycles. The maximum Gasteiger partial charge on any atom is 0.0346 e. The lowest BCUT2D eigenvalue weighted by atomic mass is 10.1. The van der Waals surface area contributed by atoms with Crippen LogP contribution in [0.4, 0.5) is 0 Å². The Labute approximate surface area is 118 Å². The highest BCUT2D eigenvalue weighted by molar-refractivity contribution is 7.17. The minimum Gasteiger partial charge on any atom is -0.308 e. The van der Waals surface area contributed by atoms with Crippen molar-refractivity contribution in [3.63, 3.8) is 0 Å². The Morgan fingerprint density at radius 1 is 1.21 bits per heavy atom. The number of hydrogen-bond acceptors (Lipinski definition) is 3. The van der Waals surface area contributed by atoms with Crippen molar-refractivity contribution in [2.75, 3.05) is 13.1 Å². The number of benzene rings is 1. The molecular formula is C16H20N2S. The Morgan fingerprint density at radius 3 is 3.16 bits per heavy atom. The van der Waals surface area contributed by atoms with E-state index in [-0.39, 0.29) is 0 Å². The van der Waals surface area contributed by atoms with Crippen LogP contribution in [0.3, 0.4) is 0 Å². The molecule has 1 N–H and O–H groups in total. The van der Waals surface area contributed by atoms with Crippen LogP contribution in [0, 0.1) is 0 Å². The fraction of sp³-hybridized carbons (Fsp3) is 0.500. The molecule has 0 amide bonds. The number of thiophene rings is 1. The molecule has 2 nitrogen and oxygen atoms in total. The number of nitrogens with one attached hydrogen (secondary N) is 1. The van der Waals surface area contributed by atoms with Crippen molar-refractivity contribution in [2.24, 2.45) is 0 Å². The maximum absolute atomic E-state index is 3.81. The standard InChI is InChI=1S/C16H20N2S/c1-2-6-16-13(4-1)12(11-19-16)10-17-14-7-9-18-8-3-5-15(14)18/h1-2,4,6,11,14-15,17H,3,5,7-10H2. The summed E-state index contributed by atoms with van der Waals surface area (Å²) in [5.41, 5.74) is 1.47. The van der Waals surface area contributed by atoms with Gasteiger partial charge in [0.05, 0.1) is 0 Å². The summed E-state index contributed by atoms with van der Waals surface area (Å²) in [5, 5.41) is 7.56. The molecule has 1 aromatic carbocycles. The average Bonchev–Trinajstić information content (AvgIpc) is 3.12. The summed E-state index contributed by atoms with van der Waals surface area (Å²) < 4.78 is 1.41. The van der Waals surface area contributed by atoms with E-state index in [1.807, 2.05) is 11.3 Å². The van der Waals surface area contributed by atoms with Crippen LogP contribution in [-0.4, -0.2) is 30.1 Å². The predicted molar refractivity (Wildman–Crippen MR) is 81.7 cm³/mol. The van der Waals surface area contributed by atoms with Crippen molar-refractivity contribution in [1.29, 1.82) is 0 Å². The van der Waals surface area contributed by atoms with Gasteiger partial charge in [0.25, 0.3) is 0 Å². The molecule has 0 spiro atoms. The third-order valence-corrected chi connectivity index (χ3v) is 5.73. The summed E-state index contributed by atoms with van der Waals surface area (Å²) in [7, 11) is 0. The fourth-order valence-corrected chi connectivity index (χ4v) is 4.69. The normalized spacial score (nSPS) is 27.2. The Balaban J connectivity index is 1.47. The maximum atomic E-state index is 3.81. The van der Waals surface area contributed by atoms with Gasteiger partial charge >= 0.3 is 0 Å². The van der Waals surface area contributed by atoms with E-state index in [2.05, 4.69) is 39.9 Å². The zero-order valence-electron chi connectivity index (χ0n) is 11.1. The van der Waals surface area contributed by atoms with Gasteiger partial charge in [0.1, 0.15) is 0 Å². The SMILES string of the molecule is c1ccc2c(CNC3CCN4CCCC34)csc2c1. The molecule has 100 valence electrons. The van der Waals surface area contributed by atoms with Crippen molar-refractivity contribution >= 4 is 21.4 Å². The van der Waals surface area contributed by atoms with Gasteiger partial charge in [-0.25, -0.2) is 0 Å². The Hall–Kier alpha value is -0.900. The molecule has 2 unspecified atom stereocenters. The summed E-state index contributed by atoms with van der Waals surface area (Å²) in [6, 6.07) is 10.3. The van der Waals surface area contributed by atoms with E-state index in [1.165, 1.54) is 48.0 Å². The monoisotopic (exact) mass is 272 g/mol. The number of hydrogen-bond donors (Lipinski definition) is 1. The molecule has 19 heavy (non-hydrogen) atoms. The molecule has 0 bridgehead atoms. The highest BCUT2D eigenvalue weighted by atomic mass is 32.1. The molecular weight excluding hydrogens is 252 g/mol. The Morgan fingerprint density at radius 2 is 2.16 bits per heavy atom. The van der Waals surface area contributed by atoms with Crippen molar-refractivity contribution in [3.05, 3.63) is 35.2 Å². The number of rotatable bonds is 3. The molecule has 2 aliphatic rings. The van der Waals surface area contributed by atoms with E-state index in [0.29, 0.717) is 6.04 Å². The van der Waals surface area contributed by atoms with Crippen LogP contribution in [0.5, 0.6) is 0 Å². The first kappa shape index (κ1) is 11.9. The van der Waals surface area contributed by atoms with E-state index >= 15 is 0 Å². The summed E-state index contributed by atoms with van der Waals surface area (Å²) in [6.45, 7) is 3.65. The van der Waals surface area contributed by atoms with Crippen LogP contribution in [0.2, 0.25) is 0 Å². The topological polar surface area (TPSA) is 15.3 Å². The largest absolute Gasteiger partial charge is 0.308 e. The van der Waals surface area contributed by atoms with Gasteiger partial charge in [-0.2, -0.15) is 0 Å². The molecule has 0 saturated carbocycles. The first-order valence-electron chi connectivity index (χ1n) is 7.34. The minimum absolute atomic E-state index is 0.709. The third-order valence-electron chi connectivity index (χ3n) is 4.72. The van der Waals surface area contributed by atoms with E-state index in [9.17, 15) is 0 Å². The highest BCUT2D eigenvalue weighted by Crippen LogP contribution is 2.29. The zero-order chi connectivity index (χ0) is 12.7. The molecule has 2 fully saturated rings. The molecule has 0 aliphatic carbocycles. The average molecular weight is 272 g/mol. The minimum atomic E-state index is 0.709.